The van der Waals surface area contributed by atoms with Crippen LogP contribution in [0, 0.1) is 6.92 Å². The number of halogens is 1. The molecule has 0 bridgehead atoms. The Morgan fingerprint density at radius 3 is 2.50 bits per heavy atom. The quantitative estimate of drug-likeness (QED) is 0.460. The number of benzene rings is 1. The molecule has 0 unspecified atom stereocenters. The van der Waals surface area contributed by atoms with Crippen molar-refractivity contribution in [2.45, 2.75) is 11.8 Å². The van der Waals surface area contributed by atoms with Crippen LogP contribution in [0.1, 0.15) is 5.69 Å². The number of guanidine groups is 1. The fourth-order valence-corrected chi connectivity index (χ4v) is 3.82. The Morgan fingerprint density at radius 2 is 1.92 bits per heavy atom. The number of ether oxygens (including phenoxy) is 1. The summed E-state index contributed by atoms with van der Waals surface area (Å²) in [6.07, 6.45) is 0. The van der Waals surface area contributed by atoms with Gasteiger partial charge >= 0.3 is 0 Å². The van der Waals surface area contributed by atoms with Crippen LogP contribution < -0.4 is 14.8 Å². The van der Waals surface area contributed by atoms with Crippen LogP contribution in [0.25, 0.3) is 0 Å². The summed E-state index contributed by atoms with van der Waals surface area (Å²) in [4.78, 5) is 8.11. The van der Waals surface area contributed by atoms with Crippen molar-refractivity contribution in [3.8, 4) is 5.88 Å². The molecule has 140 valence electrons. The van der Waals surface area contributed by atoms with Crippen molar-refractivity contribution in [3.05, 3.63) is 41.0 Å². The van der Waals surface area contributed by atoms with Crippen molar-refractivity contribution in [1.82, 2.24) is 15.0 Å². The van der Waals surface area contributed by atoms with E-state index in [9.17, 15) is 8.42 Å². The lowest BCUT2D eigenvalue weighted by molar-refractivity contribution is 0.397. The Morgan fingerprint density at radius 1 is 1.27 bits per heavy atom. The number of sulfonamides is 1. The van der Waals surface area contributed by atoms with Crippen molar-refractivity contribution in [2.24, 2.45) is 10.8 Å². The maximum Gasteiger partial charge on any atom is 0.274 e. The predicted octanol–water partition coefficient (Wildman–Crippen LogP) is 1.43. The van der Waals surface area contributed by atoms with Crippen LogP contribution in [0.2, 0.25) is 5.02 Å². The number of aryl methyl sites for hydroxylation is 1. The molecule has 11 heteroatoms. The van der Waals surface area contributed by atoms with Crippen LogP contribution in [0.3, 0.4) is 0 Å². The smallest absolute Gasteiger partial charge is 0.274 e. The molecule has 0 aliphatic heterocycles. The molecular formula is C15H19ClN6O3S. The average Bonchev–Trinajstić information content (AvgIpc) is 2.53. The molecule has 1 heterocycles. The first-order chi connectivity index (χ1) is 12.2. The lowest BCUT2D eigenvalue weighted by Crippen LogP contribution is -2.44. The standard InChI is InChI=1S/C15H19ClN6O3S/c1-10-9-13(25-4)19-15(18-10)22(14(17)20-21(2)3)26(23,24)12-8-6-5-7-11(12)16/h5-9H,1-4H3,(H2,17,20). The topological polar surface area (TPSA) is 114 Å². The number of anilines is 1. The van der Waals surface area contributed by atoms with Crippen LogP contribution in [0.5, 0.6) is 5.88 Å². The molecule has 0 spiro atoms. The molecule has 1 aromatic heterocycles. The van der Waals surface area contributed by atoms with E-state index in [1.807, 2.05) is 0 Å². The SMILES string of the molecule is COc1cc(C)nc(N(C(N)=NN(C)C)S(=O)(=O)c2ccccc2Cl)n1. The number of nitrogens with two attached hydrogens (primary N) is 1. The van der Waals surface area contributed by atoms with Crippen LogP contribution in [-0.2, 0) is 10.0 Å². The number of hydrazone groups is 1. The highest BCUT2D eigenvalue weighted by atomic mass is 35.5. The van der Waals surface area contributed by atoms with Crippen molar-refractivity contribution < 1.29 is 13.2 Å². The van der Waals surface area contributed by atoms with Gasteiger partial charge in [-0.2, -0.15) is 9.29 Å². The zero-order valence-electron chi connectivity index (χ0n) is 14.7. The van der Waals surface area contributed by atoms with Gasteiger partial charge in [-0.05, 0) is 19.1 Å². The molecule has 0 saturated carbocycles. The first-order valence-corrected chi connectivity index (χ1v) is 9.19. The van der Waals surface area contributed by atoms with Crippen LogP contribution >= 0.6 is 11.6 Å². The van der Waals surface area contributed by atoms with E-state index in [1.165, 1.54) is 24.3 Å². The molecule has 2 aromatic rings. The average molecular weight is 399 g/mol. The molecular weight excluding hydrogens is 380 g/mol. The number of rotatable bonds is 5. The predicted molar refractivity (Wildman–Crippen MR) is 99.7 cm³/mol. The molecule has 0 saturated heterocycles. The van der Waals surface area contributed by atoms with Gasteiger partial charge in [0.15, 0.2) is 0 Å². The molecule has 2 N–H and O–H groups in total. The van der Waals surface area contributed by atoms with Gasteiger partial charge in [-0.3, -0.25) is 5.01 Å². The van der Waals surface area contributed by atoms with Gasteiger partial charge in [-0.1, -0.05) is 23.7 Å². The maximum absolute atomic E-state index is 13.2. The zero-order chi connectivity index (χ0) is 19.5. The molecule has 1 aromatic carbocycles. The minimum atomic E-state index is -4.23. The van der Waals surface area contributed by atoms with E-state index in [-0.39, 0.29) is 27.7 Å². The Labute approximate surface area is 157 Å². The van der Waals surface area contributed by atoms with Crippen LogP contribution in [-0.4, -0.2) is 50.6 Å². The lowest BCUT2D eigenvalue weighted by Gasteiger charge is -2.23. The first-order valence-electron chi connectivity index (χ1n) is 7.37. The second-order valence-corrected chi connectivity index (χ2v) is 7.52. The van der Waals surface area contributed by atoms with Crippen LogP contribution in [0.4, 0.5) is 5.95 Å². The highest BCUT2D eigenvalue weighted by molar-refractivity contribution is 7.93. The summed E-state index contributed by atoms with van der Waals surface area (Å²) in [5, 5.41) is 5.37. The van der Waals surface area contributed by atoms with E-state index < -0.39 is 10.0 Å². The minimum Gasteiger partial charge on any atom is -0.481 e. The largest absolute Gasteiger partial charge is 0.481 e. The number of hydrogen-bond acceptors (Lipinski definition) is 7. The third kappa shape index (κ3) is 4.14. The monoisotopic (exact) mass is 398 g/mol. The summed E-state index contributed by atoms with van der Waals surface area (Å²) < 4.78 is 32.3. The lowest BCUT2D eigenvalue weighted by atomic mass is 10.4. The minimum absolute atomic E-state index is 0.0368. The third-order valence-corrected chi connectivity index (χ3v) is 5.26. The number of aromatic nitrogens is 2. The van der Waals surface area contributed by atoms with E-state index in [4.69, 9.17) is 22.1 Å². The molecule has 26 heavy (non-hydrogen) atoms. The van der Waals surface area contributed by atoms with E-state index in [0.717, 1.165) is 4.31 Å². The van der Waals surface area contributed by atoms with E-state index in [1.54, 1.807) is 39.2 Å². The number of methoxy groups -OCH3 is 1. The maximum atomic E-state index is 13.2. The molecule has 0 atom stereocenters. The van der Waals surface area contributed by atoms with Gasteiger partial charge in [0.25, 0.3) is 10.0 Å². The highest BCUT2D eigenvalue weighted by Gasteiger charge is 2.33. The summed E-state index contributed by atoms with van der Waals surface area (Å²) in [7, 11) is 0.383. The second-order valence-electron chi connectivity index (χ2n) is 5.36. The molecule has 0 fully saturated rings. The van der Waals surface area contributed by atoms with Crippen molar-refractivity contribution in [2.75, 3.05) is 25.5 Å². The van der Waals surface area contributed by atoms with Gasteiger partial charge in [0.2, 0.25) is 17.8 Å². The van der Waals surface area contributed by atoms with Gasteiger partial charge in [0.1, 0.15) is 4.90 Å². The summed E-state index contributed by atoms with van der Waals surface area (Å²) in [5.74, 6) is -0.364. The Balaban J connectivity index is 2.74. The summed E-state index contributed by atoms with van der Waals surface area (Å²) >= 11 is 6.08. The Hall–Kier alpha value is -2.59. The van der Waals surface area contributed by atoms with Gasteiger partial charge in [0, 0.05) is 25.9 Å². The molecule has 2 rings (SSSR count). The number of nitrogens with zero attached hydrogens (tertiary/aromatic N) is 5. The van der Waals surface area contributed by atoms with Crippen molar-refractivity contribution in [1.29, 1.82) is 0 Å². The molecule has 9 nitrogen and oxygen atoms in total. The summed E-state index contributed by atoms with van der Waals surface area (Å²) in [5.41, 5.74) is 6.45. The fraction of sp³-hybridized carbons (Fsp3) is 0.267. The Kier molecular flexibility index (Phi) is 5.88. The number of hydrogen-bond donors (Lipinski definition) is 1. The van der Waals surface area contributed by atoms with E-state index in [2.05, 4.69) is 15.1 Å². The van der Waals surface area contributed by atoms with Gasteiger partial charge < -0.3 is 10.5 Å². The Bertz CT molecular complexity index is 933. The fourth-order valence-electron chi connectivity index (χ4n) is 2.05. The van der Waals surface area contributed by atoms with Crippen molar-refractivity contribution >= 4 is 33.5 Å². The molecule has 0 aliphatic carbocycles. The van der Waals surface area contributed by atoms with Gasteiger partial charge in [-0.15, -0.1) is 5.10 Å². The van der Waals surface area contributed by atoms with Gasteiger partial charge in [-0.25, -0.2) is 13.4 Å². The summed E-state index contributed by atoms with van der Waals surface area (Å²) in [6.45, 7) is 1.67. The van der Waals surface area contributed by atoms with Crippen molar-refractivity contribution in [3.63, 3.8) is 0 Å². The van der Waals surface area contributed by atoms with Gasteiger partial charge in [0.05, 0.1) is 12.1 Å². The first kappa shape index (κ1) is 19.7. The highest BCUT2D eigenvalue weighted by Crippen LogP contribution is 2.27. The summed E-state index contributed by atoms with van der Waals surface area (Å²) in [6, 6.07) is 7.55. The third-order valence-electron chi connectivity index (χ3n) is 3.08. The molecule has 0 radical (unpaired) electrons. The van der Waals surface area contributed by atoms with E-state index in [0.29, 0.717) is 5.69 Å². The molecule has 0 aliphatic rings. The zero-order valence-corrected chi connectivity index (χ0v) is 16.3. The van der Waals surface area contributed by atoms with E-state index >= 15 is 0 Å². The second kappa shape index (κ2) is 7.75. The van der Waals surface area contributed by atoms with Crippen LogP contribution in [0.15, 0.2) is 40.3 Å². The normalized spacial score (nSPS) is 12.0. The molecule has 0 amide bonds.